The third-order valence-electron chi connectivity index (χ3n) is 11.7. The molecular formula is C38H48FN7O2. The summed E-state index contributed by atoms with van der Waals surface area (Å²) in [6.45, 7) is 8.83. The van der Waals surface area contributed by atoms with Gasteiger partial charge < -0.3 is 24.8 Å². The molecule has 0 radical (unpaired) electrons. The van der Waals surface area contributed by atoms with E-state index in [0.717, 1.165) is 95.6 Å². The lowest BCUT2D eigenvalue weighted by Gasteiger charge is -2.54. The lowest BCUT2D eigenvalue weighted by Crippen LogP contribution is -2.60. The second-order valence-corrected chi connectivity index (χ2v) is 14.5. The Morgan fingerprint density at radius 2 is 1.88 bits per heavy atom. The number of hydrogen-bond donors (Lipinski definition) is 1. The van der Waals surface area contributed by atoms with Gasteiger partial charge in [0.2, 0.25) is 0 Å². The van der Waals surface area contributed by atoms with Crippen LogP contribution in [0.1, 0.15) is 55.2 Å². The minimum atomic E-state index is -0.372. The number of piperidine rings is 1. The van der Waals surface area contributed by atoms with E-state index in [9.17, 15) is 14.4 Å². The molecule has 1 N–H and O–H groups in total. The van der Waals surface area contributed by atoms with Crippen LogP contribution in [0.15, 0.2) is 60.9 Å². The van der Waals surface area contributed by atoms with Crippen LogP contribution in [0, 0.1) is 34.9 Å². The molecule has 3 saturated heterocycles. The maximum atomic E-state index is 15.0. The van der Waals surface area contributed by atoms with E-state index >= 15 is 0 Å². The van der Waals surface area contributed by atoms with Crippen molar-refractivity contribution in [3.05, 3.63) is 83.4 Å². The highest BCUT2D eigenvalue weighted by Crippen LogP contribution is 2.51. The average molecular weight is 654 g/mol. The van der Waals surface area contributed by atoms with Gasteiger partial charge in [0, 0.05) is 61.6 Å². The van der Waals surface area contributed by atoms with Gasteiger partial charge in [-0.05, 0) is 118 Å². The number of ether oxygens (including phenoxy) is 1. The highest BCUT2D eigenvalue weighted by Gasteiger charge is 2.53. The second kappa shape index (κ2) is 14.3. The number of amides is 1. The van der Waals surface area contributed by atoms with Crippen molar-refractivity contribution in [2.45, 2.75) is 56.5 Å². The van der Waals surface area contributed by atoms with Crippen LogP contribution in [0.25, 0.3) is 0 Å². The van der Waals surface area contributed by atoms with Crippen LogP contribution in [-0.4, -0.2) is 91.2 Å². The van der Waals surface area contributed by atoms with Gasteiger partial charge in [0.25, 0.3) is 0 Å². The average Bonchev–Trinajstić information content (AvgIpc) is 3.75. The molecule has 0 bridgehead atoms. The van der Waals surface area contributed by atoms with Gasteiger partial charge in [-0.15, -0.1) is 0 Å². The number of rotatable bonds is 11. The molecular weight excluding hydrogens is 605 g/mol. The van der Waals surface area contributed by atoms with Gasteiger partial charge in [0.15, 0.2) is 0 Å². The Hall–Kier alpha value is -3.94. The maximum Gasteiger partial charge on any atom is 0.407 e. The first-order valence-electron chi connectivity index (χ1n) is 17.8. The topological polar surface area (TPSA) is 89.7 Å². The number of carbonyl (C=O) groups excluding carboxylic acids is 1. The van der Waals surface area contributed by atoms with E-state index in [0.29, 0.717) is 23.9 Å². The number of hydrogen-bond acceptors (Lipinski definition) is 7. The summed E-state index contributed by atoms with van der Waals surface area (Å²) in [4.78, 5) is 20.1. The predicted octanol–water partition coefficient (Wildman–Crippen LogP) is 5.26. The van der Waals surface area contributed by atoms with Gasteiger partial charge in [-0.25, -0.2) is 9.18 Å². The standard InChI is InChI=1S/C38H48FN7O2/c1-48-37(47)42-36-9-3-8-35(36)38(27-44-15-5-16-44,32-6-2-7-33(39)21-32)31-12-18-43(19-13-31)23-28-24-45(25-28)34-11-10-29(22-40)30(20-34)26-46-17-4-14-41-46/h2,4,6-7,10-11,14,17,20-21,28,31,35-36H,3,5,8-9,12-13,15-16,18-19,23-27H2,1H3,(H,42,47)/t35-,36-,38-/m0/s1. The third-order valence-corrected chi connectivity index (χ3v) is 11.7. The Balaban J connectivity index is 1.03. The van der Waals surface area contributed by atoms with Crippen molar-refractivity contribution in [3.8, 4) is 6.07 Å². The summed E-state index contributed by atoms with van der Waals surface area (Å²) in [6, 6.07) is 17.8. The van der Waals surface area contributed by atoms with Crippen LogP contribution in [0.2, 0.25) is 0 Å². The van der Waals surface area contributed by atoms with E-state index < -0.39 is 0 Å². The maximum absolute atomic E-state index is 15.0. The molecule has 0 spiro atoms. The largest absolute Gasteiger partial charge is 0.453 e. The number of alkyl carbamates (subject to hydrolysis) is 1. The van der Waals surface area contributed by atoms with Gasteiger partial charge >= 0.3 is 6.09 Å². The molecule has 1 amide bonds. The first-order chi connectivity index (χ1) is 23.4. The highest BCUT2D eigenvalue weighted by molar-refractivity contribution is 5.67. The lowest BCUT2D eigenvalue weighted by molar-refractivity contribution is 0.0223. The molecule has 3 aromatic rings. The quantitative estimate of drug-likeness (QED) is 0.302. The summed E-state index contributed by atoms with van der Waals surface area (Å²) in [6.07, 6.45) is 9.66. The molecule has 2 aromatic carbocycles. The molecule has 254 valence electrons. The molecule has 4 fully saturated rings. The fourth-order valence-electron chi connectivity index (χ4n) is 9.21. The number of nitrogens with zero attached hydrogens (tertiary/aromatic N) is 6. The number of nitrogens with one attached hydrogen (secondary N) is 1. The molecule has 48 heavy (non-hydrogen) atoms. The summed E-state index contributed by atoms with van der Waals surface area (Å²) in [7, 11) is 1.43. The van der Waals surface area contributed by atoms with Crippen LogP contribution in [0.5, 0.6) is 0 Å². The van der Waals surface area contributed by atoms with Crippen molar-refractivity contribution in [1.82, 2.24) is 24.9 Å². The smallest absolute Gasteiger partial charge is 0.407 e. The molecule has 1 aromatic heterocycles. The van der Waals surface area contributed by atoms with Gasteiger partial charge in [0.1, 0.15) is 5.82 Å². The Bertz CT molecular complexity index is 1590. The first kappa shape index (κ1) is 32.6. The van der Waals surface area contributed by atoms with E-state index in [2.05, 4.69) is 49.4 Å². The van der Waals surface area contributed by atoms with Crippen molar-refractivity contribution < 1.29 is 13.9 Å². The summed E-state index contributed by atoms with van der Waals surface area (Å²) in [5.41, 5.74) is 3.72. The lowest BCUT2D eigenvalue weighted by atomic mass is 9.57. The molecule has 7 rings (SSSR count). The molecule has 9 nitrogen and oxygen atoms in total. The third kappa shape index (κ3) is 6.68. The molecule has 3 atom stereocenters. The predicted molar refractivity (Wildman–Crippen MR) is 183 cm³/mol. The number of likely N-dealkylation sites (tertiary alicyclic amines) is 2. The molecule has 10 heteroatoms. The number of nitriles is 1. The summed E-state index contributed by atoms with van der Waals surface area (Å²) < 4.78 is 21.9. The van der Waals surface area contributed by atoms with Crippen molar-refractivity contribution in [1.29, 1.82) is 5.26 Å². The molecule has 3 aliphatic heterocycles. The summed E-state index contributed by atoms with van der Waals surface area (Å²) in [5, 5.41) is 17.2. The van der Waals surface area contributed by atoms with Crippen LogP contribution < -0.4 is 10.2 Å². The zero-order valence-corrected chi connectivity index (χ0v) is 28.1. The van der Waals surface area contributed by atoms with Gasteiger partial charge in [-0.2, -0.15) is 10.4 Å². The van der Waals surface area contributed by atoms with Crippen molar-refractivity contribution in [2.24, 2.45) is 17.8 Å². The van der Waals surface area contributed by atoms with Gasteiger partial charge in [-0.1, -0.05) is 18.6 Å². The van der Waals surface area contributed by atoms with Crippen LogP contribution in [0.3, 0.4) is 0 Å². The van der Waals surface area contributed by atoms with E-state index in [-0.39, 0.29) is 29.3 Å². The van der Waals surface area contributed by atoms with Crippen molar-refractivity contribution in [2.75, 3.05) is 64.4 Å². The minimum absolute atomic E-state index is 0.0169. The zero-order chi connectivity index (χ0) is 33.1. The Kier molecular flexibility index (Phi) is 9.69. The van der Waals surface area contributed by atoms with E-state index in [1.807, 2.05) is 29.1 Å². The number of halogens is 1. The summed E-state index contributed by atoms with van der Waals surface area (Å²) >= 11 is 0. The van der Waals surface area contributed by atoms with E-state index in [1.54, 1.807) is 18.3 Å². The normalized spacial score (nSPS) is 23.6. The number of anilines is 1. The molecule has 4 heterocycles. The second-order valence-electron chi connectivity index (χ2n) is 14.5. The number of benzene rings is 2. The Morgan fingerprint density at radius 3 is 2.56 bits per heavy atom. The molecule has 1 saturated carbocycles. The fraction of sp³-hybridized carbons (Fsp3) is 0.553. The Labute approximate surface area is 283 Å². The monoisotopic (exact) mass is 653 g/mol. The number of carbonyl (C=O) groups is 1. The number of aromatic nitrogens is 2. The fourth-order valence-corrected chi connectivity index (χ4v) is 9.21. The van der Waals surface area contributed by atoms with E-state index in [4.69, 9.17) is 4.74 Å². The zero-order valence-electron chi connectivity index (χ0n) is 28.1. The molecule has 1 aliphatic carbocycles. The van der Waals surface area contributed by atoms with Crippen molar-refractivity contribution >= 4 is 11.8 Å². The highest BCUT2D eigenvalue weighted by atomic mass is 19.1. The SMILES string of the molecule is COC(=O)N[C@H]1CCC[C@@H]1[C@](CN1CCC1)(c1cccc(F)c1)C1CCN(CC2CN(c3ccc(C#N)c(Cn4cccn4)c3)C2)CC1. The van der Waals surface area contributed by atoms with Crippen molar-refractivity contribution in [3.63, 3.8) is 0 Å². The van der Waals surface area contributed by atoms with Crippen LogP contribution >= 0.6 is 0 Å². The van der Waals surface area contributed by atoms with Crippen LogP contribution in [0.4, 0.5) is 14.9 Å². The summed E-state index contributed by atoms with van der Waals surface area (Å²) in [5.74, 6) is 1.04. The first-order valence-corrected chi connectivity index (χ1v) is 17.8. The molecule has 4 aliphatic rings. The molecule has 0 unspecified atom stereocenters. The Morgan fingerprint density at radius 1 is 1.04 bits per heavy atom. The minimum Gasteiger partial charge on any atom is -0.453 e. The van der Waals surface area contributed by atoms with E-state index in [1.165, 1.54) is 19.2 Å². The number of methoxy groups -OCH3 is 1. The van der Waals surface area contributed by atoms with Crippen LogP contribution in [-0.2, 0) is 16.7 Å². The van der Waals surface area contributed by atoms with Gasteiger partial charge in [0.05, 0.1) is 25.3 Å². The van der Waals surface area contributed by atoms with Gasteiger partial charge in [-0.3, -0.25) is 4.68 Å².